The summed E-state index contributed by atoms with van der Waals surface area (Å²) in [6.45, 7) is -0.0905. The first-order valence-corrected chi connectivity index (χ1v) is 7.35. The lowest BCUT2D eigenvalue weighted by molar-refractivity contribution is 0.0691. The number of nitrogen functional groups attached to an aromatic ring is 1. The first kappa shape index (κ1) is 14.3. The van der Waals surface area contributed by atoms with Crippen LogP contribution in [0.15, 0.2) is 41.8 Å². The normalized spacial score (nSPS) is 10.8. The highest BCUT2D eigenvalue weighted by Crippen LogP contribution is 2.34. The fourth-order valence-corrected chi connectivity index (χ4v) is 2.99. The third-order valence-corrected chi connectivity index (χ3v) is 4.21. The van der Waals surface area contributed by atoms with Crippen molar-refractivity contribution in [3.8, 4) is 5.75 Å². The van der Waals surface area contributed by atoms with Crippen LogP contribution in [-0.4, -0.2) is 11.1 Å². The highest BCUT2D eigenvalue weighted by Gasteiger charge is 2.14. The zero-order chi connectivity index (χ0) is 15.7. The minimum Gasteiger partial charge on any atom is -0.487 e. The Morgan fingerprint density at radius 1 is 1.27 bits per heavy atom. The molecule has 22 heavy (non-hydrogen) atoms. The van der Waals surface area contributed by atoms with Crippen LogP contribution >= 0.6 is 11.3 Å². The summed E-state index contributed by atoms with van der Waals surface area (Å²) in [6, 6.07) is 9.70. The summed E-state index contributed by atoms with van der Waals surface area (Å²) < 4.78 is 20.6. The topological polar surface area (TPSA) is 72.5 Å². The summed E-state index contributed by atoms with van der Waals surface area (Å²) >= 11 is 1.57. The molecule has 0 amide bonds. The highest BCUT2D eigenvalue weighted by molar-refractivity contribution is 7.17. The molecule has 0 radical (unpaired) electrons. The van der Waals surface area contributed by atoms with E-state index in [1.54, 1.807) is 17.4 Å². The van der Waals surface area contributed by atoms with Gasteiger partial charge in [-0.15, -0.1) is 11.3 Å². The number of rotatable bonds is 4. The Balaban J connectivity index is 1.87. The average molecular weight is 317 g/mol. The van der Waals surface area contributed by atoms with Crippen LogP contribution in [0.1, 0.15) is 15.9 Å². The van der Waals surface area contributed by atoms with Gasteiger partial charge in [-0.3, -0.25) is 0 Å². The van der Waals surface area contributed by atoms with Gasteiger partial charge in [0.2, 0.25) is 0 Å². The quantitative estimate of drug-likeness (QED) is 0.716. The van der Waals surface area contributed by atoms with E-state index in [1.807, 2.05) is 17.5 Å². The fourth-order valence-electron chi connectivity index (χ4n) is 2.18. The van der Waals surface area contributed by atoms with Gasteiger partial charge in [0.05, 0.1) is 11.3 Å². The summed E-state index contributed by atoms with van der Waals surface area (Å²) in [6.07, 6.45) is 0. The Labute approximate surface area is 129 Å². The number of fused-ring (bicyclic) bond motifs is 1. The molecule has 0 atom stereocenters. The van der Waals surface area contributed by atoms with E-state index >= 15 is 0 Å². The summed E-state index contributed by atoms with van der Waals surface area (Å²) in [4.78, 5) is 10.9. The van der Waals surface area contributed by atoms with E-state index in [0.29, 0.717) is 11.4 Å². The van der Waals surface area contributed by atoms with Crippen LogP contribution in [0, 0.1) is 5.82 Å². The maximum absolute atomic E-state index is 14.0. The lowest BCUT2D eigenvalue weighted by Crippen LogP contribution is -2.06. The first-order chi connectivity index (χ1) is 10.6. The molecule has 112 valence electrons. The van der Waals surface area contributed by atoms with Gasteiger partial charge < -0.3 is 15.6 Å². The number of benzene rings is 2. The van der Waals surface area contributed by atoms with Crippen molar-refractivity contribution in [3.05, 3.63) is 58.7 Å². The van der Waals surface area contributed by atoms with Crippen LogP contribution in [0.4, 0.5) is 10.1 Å². The number of carboxylic acid groups (broad SMARTS) is 1. The molecule has 0 aliphatic carbocycles. The molecule has 0 unspecified atom stereocenters. The van der Waals surface area contributed by atoms with Crippen LogP contribution < -0.4 is 10.5 Å². The average Bonchev–Trinajstić information content (AvgIpc) is 2.97. The Morgan fingerprint density at radius 3 is 2.86 bits per heavy atom. The van der Waals surface area contributed by atoms with Crippen molar-refractivity contribution in [2.45, 2.75) is 6.61 Å². The van der Waals surface area contributed by atoms with Crippen molar-refractivity contribution in [1.29, 1.82) is 0 Å². The molecular formula is C16H12FNO3S. The minimum atomic E-state index is -1.31. The Kier molecular flexibility index (Phi) is 3.68. The molecule has 0 saturated carbocycles. The van der Waals surface area contributed by atoms with Crippen LogP contribution in [0.5, 0.6) is 5.75 Å². The van der Waals surface area contributed by atoms with Crippen molar-refractivity contribution in [1.82, 2.24) is 0 Å². The SMILES string of the molecule is Nc1c(OCc2cccc(C(=O)O)c2F)ccc2sccc12. The van der Waals surface area contributed by atoms with E-state index in [4.69, 9.17) is 15.6 Å². The number of carbonyl (C=O) groups is 1. The summed E-state index contributed by atoms with van der Waals surface area (Å²) in [7, 11) is 0. The number of anilines is 1. The molecule has 0 spiro atoms. The Bertz CT molecular complexity index is 860. The molecule has 3 rings (SSSR count). The molecule has 4 nitrogen and oxygen atoms in total. The minimum absolute atomic E-state index is 0.0905. The van der Waals surface area contributed by atoms with Crippen LogP contribution in [-0.2, 0) is 6.61 Å². The monoisotopic (exact) mass is 317 g/mol. The summed E-state index contributed by atoms with van der Waals surface area (Å²) in [5.41, 5.74) is 6.33. The molecule has 1 heterocycles. The molecule has 0 aliphatic rings. The van der Waals surface area contributed by atoms with Crippen LogP contribution in [0.3, 0.4) is 0 Å². The smallest absolute Gasteiger partial charge is 0.338 e. The molecule has 6 heteroatoms. The van der Waals surface area contributed by atoms with Gasteiger partial charge in [-0.1, -0.05) is 12.1 Å². The number of thiophene rings is 1. The molecule has 0 saturated heterocycles. The third-order valence-electron chi connectivity index (χ3n) is 3.33. The van der Waals surface area contributed by atoms with Gasteiger partial charge in [-0.2, -0.15) is 0 Å². The predicted octanol–water partition coefficient (Wildman–Crippen LogP) is 3.90. The number of halogens is 1. The Morgan fingerprint density at radius 2 is 2.09 bits per heavy atom. The zero-order valence-electron chi connectivity index (χ0n) is 11.4. The number of aromatic carboxylic acids is 1. The van der Waals surface area contributed by atoms with E-state index in [-0.39, 0.29) is 17.7 Å². The molecule has 3 aromatic rings. The number of nitrogens with two attached hydrogens (primary N) is 1. The van der Waals surface area contributed by atoms with Gasteiger partial charge in [0.1, 0.15) is 18.2 Å². The van der Waals surface area contributed by atoms with Gasteiger partial charge >= 0.3 is 5.97 Å². The van der Waals surface area contributed by atoms with Crippen molar-refractivity contribution >= 4 is 33.1 Å². The van der Waals surface area contributed by atoms with Crippen molar-refractivity contribution < 1.29 is 19.0 Å². The van der Waals surface area contributed by atoms with Crippen molar-refractivity contribution in [2.24, 2.45) is 0 Å². The van der Waals surface area contributed by atoms with E-state index in [9.17, 15) is 9.18 Å². The largest absolute Gasteiger partial charge is 0.487 e. The summed E-state index contributed by atoms with van der Waals surface area (Å²) in [5, 5.41) is 11.7. The number of carboxylic acids is 1. The number of hydrogen-bond donors (Lipinski definition) is 2. The standard InChI is InChI=1S/C16H12FNO3S/c17-14-9(2-1-3-11(14)16(19)20)8-21-12-4-5-13-10(15(12)18)6-7-22-13/h1-7H,8,18H2,(H,19,20). The molecular weight excluding hydrogens is 305 g/mol. The van der Waals surface area contributed by atoms with E-state index in [2.05, 4.69) is 0 Å². The molecule has 3 N–H and O–H groups in total. The van der Waals surface area contributed by atoms with Gasteiger partial charge in [0, 0.05) is 15.6 Å². The second-order valence-corrected chi connectivity index (χ2v) is 5.63. The molecule has 0 bridgehead atoms. The molecule has 1 aromatic heterocycles. The highest BCUT2D eigenvalue weighted by atomic mass is 32.1. The van der Waals surface area contributed by atoms with Gasteiger partial charge in [0.15, 0.2) is 0 Å². The zero-order valence-corrected chi connectivity index (χ0v) is 12.2. The van der Waals surface area contributed by atoms with Crippen LogP contribution in [0.2, 0.25) is 0 Å². The predicted molar refractivity (Wildman–Crippen MR) is 83.9 cm³/mol. The molecule has 0 aliphatic heterocycles. The van der Waals surface area contributed by atoms with Crippen molar-refractivity contribution in [2.75, 3.05) is 5.73 Å². The lowest BCUT2D eigenvalue weighted by Gasteiger charge is -2.11. The maximum atomic E-state index is 14.0. The Hall–Kier alpha value is -2.60. The first-order valence-electron chi connectivity index (χ1n) is 6.47. The van der Waals surface area contributed by atoms with Gasteiger partial charge in [0.25, 0.3) is 0 Å². The van der Waals surface area contributed by atoms with E-state index in [1.165, 1.54) is 18.2 Å². The fraction of sp³-hybridized carbons (Fsp3) is 0.0625. The second kappa shape index (κ2) is 5.65. The lowest BCUT2D eigenvalue weighted by atomic mass is 10.1. The van der Waals surface area contributed by atoms with Gasteiger partial charge in [-0.25, -0.2) is 9.18 Å². The number of ether oxygens (including phenoxy) is 1. The third kappa shape index (κ3) is 2.48. The molecule has 2 aromatic carbocycles. The van der Waals surface area contributed by atoms with E-state index < -0.39 is 11.8 Å². The molecule has 0 fully saturated rings. The van der Waals surface area contributed by atoms with Gasteiger partial charge in [-0.05, 0) is 29.6 Å². The second-order valence-electron chi connectivity index (χ2n) is 4.68. The summed E-state index contributed by atoms with van der Waals surface area (Å²) in [5.74, 6) is -1.64. The number of hydrogen-bond acceptors (Lipinski definition) is 4. The van der Waals surface area contributed by atoms with Crippen molar-refractivity contribution in [3.63, 3.8) is 0 Å². The van der Waals surface area contributed by atoms with Crippen LogP contribution in [0.25, 0.3) is 10.1 Å². The van der Waals surface area contributed by atoms with E-state index in [0.717, 1.165) is 10.1 Å². The maximum Gasteiger partial charge on any atom is 0.338 e.